The third-order valence-corrected chi connectivity index (χ3v) is 2.41. The molecule has 1 aliphatic rings. The van der Waals surface area contributed by atoms with E-state index in [0.717, 1.165) is 24.3 Å². The maximum Gasteiger partial charge on any atom is 0.173 e. The number of halogens is 4. The lowest BCUT2D eigenvalue weighted by Crippen LogP contribution is -2.02. The van der Waals surface area contributed by atoms with Crippen molar-refractivity contribution in [1.29, 1.82) is 0 Å². The van der Waals surface area contributed by atoms with Crippen LogP contribution in [0.25, 0.3) is 0 Å². The van der Waals surface area contributed by atoms with E-state index >= 15 is 0 Å². The minimum absolute atomic E-state index is 0.104. The van der Waals surface area contributed by atoms with Crippen molar-refractivity contribution in [3.05, 3.63) is 47.5 Å². The van der Waals surface area contributed by atoms with Gasteiger partial charge in [0.1, 0.15) is 0 Å². The molecule has 0 aliphatic carbocycles. The summed E-state index contributed by atoms with van der Waals surface area (Å²) in [6.07, 6.45) is 0. The SMILES string of the molecule is Fc1cc2c(cc1F)Oc1cc(F)c(F)cc1O2. The third-order valence-electron chi connectivity index (χ3n) is 2.41. The highest BCUT2D eigenvalue weighted by molar-refractivity contribution is 5.54. The Kier molecular flexibility index (Phi) is 2.19. The predicted octanol–water partition coefficient (Wildman–Crippen LogP) is 4.14. The summed E-state index contributed by atoms with van der Waals surface area (Å²) in [5.74, 6) is -4.90. The van der Waals surface area contributed by atoms with Crippen molar-refractivity contribution in [2.24, 2.45) is 0 Å². The highest BCUT2D eigenvalue weighted by atomic mass is 19.2. The molecule has 0 radical (unpaired) electrons. The van der Waals surface area contributed by atoms with Gasteiger partial charge in [0, 0.05) is 24.3 Å². The summed E-state index contributed by atoms with van der Waals surface area (Å²) in [4.78, 5) is 0. The summed E-state index contributed by atoms with van der Waals surface area (Å²) in [6.45, 7) is 0. The molecule has 0 unspecified atom stereocenters. The lowest BCUT2D eigenvalue weighted by Gasteiger charge is -2.20. The molecular weight excluding hydrogens is 252 g/mol. The number of hydrogen-bond donors (Lipinski definition) is 0. The molecule has 0 spiro atoms. The van der Waals surface area contributed by atoms with E-state index in [4.69, 9.17) is 9.47 Å². The van der Waals surface area contributed by atoms with Crippen molar-refractivity contribution >= 4 is 0 Å². The molecule has 18 heavy (non-hydrogen) atoms. The molecule has 0 aromatic heterocycles. The predicted molar refractivity (Wildman–Crippen MR) is 52.9 cm³/mol. The van der Waals surface area contributed by atoms with Crippen LogP contribution in [0.15, 0.2) is 24.3 Å². The molecule has 0 N–H and O–H groups in total. The fourth-order valence-electron chi connectivity index (χ4n) is 1.58. The fourth-order valence-corrected chi connectivity index (χ4v) is 1.58. The average Bonchev–Trinajstić information content (AvgIpc) is 2.31. The Morgan fingerprint density at radius 2 is 0.722 bits per heavy atom. The van der Waals surface area contributed by atoms with Crippen LogP contribution < -0.4 is 9.47 Å². The van der Waals surface area contributed by atoms with Gasteiger partial charge in [-0.2, -0.15) is 0 Å². The molecule has 0 saturated heterocycles. The second-order valence-corrected chi connectivity index (χ2v) is 3.63. The molecular formula is C12H4F4O2. The van der Waals surface area contributed by atoms with E-state index < -0.39 is 23.3 Å². The molecule has 1 aliphatic heterocycles. The van der Waals surface area contributed by atoms with Crippen LogP contribution in [0.3, 0.4) is 0 Å². The van der Waals surface area contributed by atoms with Crippen LogP contribution >= 0.6 is 0 Å². The fraction of sp³-hybridized carbons (Fsp3) is 0. The van der Waals surface area contributed by atoms with Crippen LogP contribution in [-0.4, -0.2) is 0 Å². The Labute approximate surface area is 98.4 Å². The van der Waals surface area contributed by atoms with Crippen molar-refractivity contribution in [2.75, 3.05) is 0 Å². The van der Waals surface area contributed by atoms with Gasteiger partial charge in [-0.3, -0.25) is 0 Å². The summed E-state index contributed by atoms with van der Waals surface area (Å²) >= 11 is 0. The van der Waals surface area contributed by atoms with Gasteiger partial charge in [0.25, 0.3) is 0 Å². The number of rotatable bonds is 0. The van der Waals surface area contributed by atoms with E-state index in [1.54, 1.807) is 0 Å². The second-order valence-electron chi connectivity index (χ2n) is 3.63. The first-order chi connectivity index (χ1) is 8.54. The molecule has 2 nitrogen and oxygen atoms in total. The molecule has 3 rings (SSSR count). The van der Waals surface area contributed by atoms with Gasteiger partial charge >= 0.3 is 0 Å². The Hall–Kier alpha value is -2.24. The van der Waals surface area contributed by atoms with Crippen molar-refractivity contribution in [3.8, 4) is 23.0 Å². The van der Waals surface area contributed by atoms with Gasteiger partial charge in [0.2, 0.25) is 0 Å². The quantitative estimate of drug-likeness (QED) is 0.563. The average molecular weight is 256 g/mol. The van der Waals surface area contributed by atoms with Crippen molar-refractivity contribution in [3.63, 3.8) is 0 Å². The zero-order chi connectivity index (χ0) is 12.9. The molecule has 2 aromatic rings. The van der Waals surface area contributed by atoms with E-state index in [1.165, 1.54) is 0 Å². The minimum atomic E-state index is -1.12. The van der Waals surface area contributed by atoms with Gasteiger partial charge in [0.05, 0.1) is 0 Å². The lowest BCUT2D eigenvalue weighted by atomic mass is 10.2. The van der Waals surface area contributed by atoms with Crippen molar-refractivity contribution < 1.29 is 27.0 Å². The van der Waals surface area contributed by atoms with E-state index in [9.17, 15) is 17.6 Å². The molecule has 6 heteroatoms. The van der Waals surface area contributed by atoms with E-state index in [2.05, 4.69) is 0 Å². The molecule has 0 fully saturated rings. The summed E-state index contributed by atoms with van der Waals surface area (Å²) in [7, 11) is 0. The topological polar surface area (TPSA) is 18.5 Å². The van der Waals surface area contributed by atoms with Gasteiger partial charge in [-0.1, -0.05) is 0 Å². The van der Waals surface area contributed by atoms with Gasteiger partial charge in [0.15, 0.2) is 46.3 Å². The zero-order valence-electron chi connectivity index (χ0n) is 8.64. The summed E-state index contributed by atoms with van der Waals surface area (Å²) in [6, 6.07) is 3.09. The van der Waals surface area contributed by atoms with Crippen LogP contribution in [0.1, 0.15) is 0 Å². The lowest BCUT2D eigenvalue weighted by molar-refractivity contribution is 0.344. The van der Waals surface area contributed by atoms with E-state index in [-0.39, 0.29) is 23.0 Å². The summed E-state index contributed by atoms with van der Waals surface area (Å²) in [5, 5.41) is 0. The van der Waals surface area contributed by atoms with Crippen molar-refractivity contribution in [1.82, 2.24) is 0 Å². The minimum Gasteiger partial charge on any atom is -0.449 e. The normalized spacial score (nSPS) is 12.2. The monoisotopic (exact) mass is 256 g/mol. The van der Waals surface area contributed by atoms with Gasteiger partial charge < -0.3 is 9.47 Å². The first-order valence-electron chi connectivity index (χ1n) is 4.88. The highest BCUT2D eigenvalue weighted by Crippen LogP contribution is 2.46. The van der Waals surface area contributed by atoms with Gasteiger partial charge in [-0.25, -0.2) is 17.6 Å². The number of fused-ring (bicyclic) bond motifs is 2. The Bertz CT molecular complexity index is 544. The number of benzene rings is 2. The molecule has 0 amide bonds. The van der Waals surface area contributed by atoms with Crippen molar-refractivity contribution in [2.45, 2.75) is 0 Å². The van der Waals surface area contributed by atoms with E-state index in [1.807, 2.05) is 0 Å². The standard InChI is InChI=1S/C12H4F4O2/c13-5-1-9-10(2-6(5)14)18-12-4-8(16)7(15)3-11(12)17-9/h1-4H. The Morgan fingerprint density at radius 3 is 0.944 bits per heavy atom. The Balaban J connectivity index is 2.12. The molecule has 0 saturated carbocycles. The van der Waals surface area contributed by atoms with Crippen LogP contribution in [0, 0.1) is 23.3 Å². The molecule has 2 aromatic carbocycles. The van der Waals surface area contributed by atoms with Crippen LogP contribution in [-0.2, 0) is 0 Å². The number of hydrogen-bond acceptors (Lipinski definition) is 2. The molecule has 92 valence electrons. The summed E-state index contributed by atoms with van der Waals surface area (Å²) in [5.41, 5.74) is 0. The smallest absolute Gasteiger partial charge is 0.173 e. The molecule has 0 atom stereocenters. The first kappa shape index (κ1) is 10.9. The Morgan fingerprint density at radius 1 is 0.500 bits per heavy atom. The third kappa shape index (κ3) is 1.57. The van der Waals surface area contributed by atoms with Crippen LogP contribution in [0.2, 0.25) is 0 Å². The van der Waals surface area contributed by atoms with Gasteiger partial charge in [-0.05, 0) is 0 Å². The maximum atomic E-state index is 13.0. The maximum absolute atomic E-state index is 13.0. The highest BCUT2D eigenvalue weighted by Gasteiger charge is 2.23. The van der Waals surface area contributed by atoms with E-state index in [0.29, 0.717) is 0 Å². The van der Waals surface area contributed by atoms with Gasteiger partial charge in [-0.15, -0.1) is 0 Å². The second kappa shape index (κ2) is 3.63. The molecule has 0 bridgehead atoms. The number of ether oxygens (including phenoxy) is 2. The first-order valence-corrected chi connectivity index (χ1v) is 4.88. The largest absolute Gasteiger partial charge is 0.449 e. The van der Waals surface area contributed by atoms with Crippen LogP contribution in [0.4, 0.5) is 17.6 Å². The zero-order valence-corrected chi connectivity index (χ0v) is 8.64. The van der Waals surface area contributed by atoms with Crippen LogP contribution in [0.5, 0.6) is 23.0 Å². The molecule has 1 heterocycles. The summed E-state index contributed by atoms with van der Waals surface area (Å²) < 4.78 is 62.1.